The Kier molecular flexibility index (Phi) is 3.42. The molecule has 10 heteroatoms. The zero-order valence-corrected chi connectivity index (χ0v) is 12.5. The highest BCUT2D eigenvalue weighted by Crippen LogP contribution is 2.45. The Labute approximate surface area is 134 Å². The lowest BCUT2D eigenvalue weighted by molar-refractivity contribution is -0.218. The Morgan fingerprint density at radius 2 is 1.71 bits per heavy atom. The van der Waals surface area contributed by atoms with Crippen LogP contribution in [-0.4, -0.2) is 9.55 Å². The maximum atomic E-state index is 13.3. The van der Waals surface area contributed by atoms with Gasteiger partial charge in [0.1, 0.15) is 5.69 Å². The molecular weight excluding hydrogens is 362 g/mol. The minimum absolute atomic E-state index is 0.0520. The molecule has 0 aliphatic rings. The fraction of sp³-hybridized carbons (Fsp3) is 0.214. The number of fused-ring (bicyclic) bond motifs is 3. The summed E-state index contributed by atoms with van der Waals surface area (Å²) in [6.45, 7) is 0.939. The number of aryl methyl sites for hydroxylation is 1. The molecule has 0 atom stereocenters. The third-order valence-corrected chi connectivity index (χ3v) is 3.95. The quantitative estimate of drug-likeness (QED) is 0.561. The van der Waals surface area contributed by atoms with Crippen LogP contribution in [-0.2, 0) is 12.5 Å². The van der Waals surface area contributed by atoms with Crippen molar-refractivity contribution in [3.63, 3.8) is 0 Å². The number of alkyl halides is 6. The predicted octanol–water partition coefficient (Wildman–Crippen LogP) is 4.94. The normalized spacial score (nSPS) is 13.2. The van der Waals surface area contributed by atoms with E-state index in [2.05, 4.69) is 4.98 Å². The molecule has 0 bridgehead atoms. The van der Waals surface area contributed by atoms with Crippen LogP contribution in [0.25, 0.3) is 21.8 Å². The minimum Gasteiger partial charge on any atom is -0.322 e. The molecule has 0 radical (unpaired) electrons. The number of benzene rings is 1. The summed E-state index contributed by atoms with van der Waals surface area (Å²) in [7, 11) is 0. The highest BCUT2D eigenvalue weighted by molar-refractivity contribution is 6.37. The van der Waals surface area contributed by atoms with Crippen LogP contribution in [0.15, 0.2) is 23.0 Å². The summed E-state index contributed by atoms with van der Waals surface area (Å²) >= 11 is 5.91. The van der Waals surface area contributed by atoms with E-state index in [0.29, 0.717) is 0 Å². The van der Waals surface area contributed by atoms with Crippen molar-refractivity contribution in [2.45, 2.75) is 19.4 Å². The van der Waals surface area contributed by atoms with Crippen LogP contribution in [0.1, 0.15) is 11.3 Å². The number of halogens is 7. The number of hydrogen-bond donors (Lipinski definition) is 1. The maximum absolute atomic E-state index is 13.3. The first kappa shape index (κ1) is 16.7. The van der Waals surface area contributed by atoms with E-state index in [1.807, 2.05) is 0 Å². The average Bonchev–Trinajstić information content (AvgIpc) is 2.71. The van der Waals surface area contributed by atoms with Crippen molar-refractivity contribution >= 4 is 33.4 Å². The fourth-order valence-corrected chi connectivity index (χ4v) is 3.17. The van der Waals surface area contributed by atoms with Crippen LogP contribution < -0.4 is 5.56 Å². The van der Waals surface area contributed by atoms with Crippen LogP contribution in [0.5, 0.6) is 0 Å². The molecule has 24 heavy (non-hydrogen) atoms. The van der Waals surface area contributed by atoms with Crippen molar-refractivity contribution in [2.75, 3.05) is 0 Å². The maximum Gasteiger partial charge on any atom is 0.489 e. The van der Waals surface area contributed by atoms with E-state index in [9.17, 15) is 31.1 Å². The molecule has 0 unspecified atom stereocenters. The molecule has 0 aliphatic heterocycles. The third-order valence-electron chi connectivity index (χ3n) is 3.65. The van der Waals surface area contributed by atoms with Gasteiger partial charge >= 0.3 is 12.5 Å². The van der Waals surface area contributed by atoms with Gasteiger partial charge in [0, 0.05) is 16.8 Å². The van der Waals surface area contributed by atoms with Gasteiger partial charge in [0.2, 0.25) is 5.56 Å². The third kappa shape index (κ3) is 2.34. The van der Waals surface area contributed by atoms with Gasteiger partial charge in [-0.3, -0.25) is 4.79 Å². The number of nitrogens with zero attached hydrogens (tertiary/aromatic N) is 1. The van der Waals surface area contributed by atoms with Gasteiger partial charge in [-0.2, -0.15) is 13.2 Å². The summed E-state index contributed by atoms with van der Waals surface area (Å²) in [5.74, 6) is 0. The summed E-state index contributed by atoms with van der Waals surface area (Å²) in [6.07, 6.45) is -10.5. The van der Waals surface area contributed by atoms with E-state index in [4.69, 9.17) is 11.6 Å². The summed E-state index contributed by atoms with van der Waals surface area (Å²) in [5.41, 5.74) is -3.69. The lowest BCUT2D eigenvalue weighted by Crippen LogP contribution is -2.24. The van der Waals surface area contributed by atoms with Gasteiger partial charge in [-0.15, -0.1) is 13.2 Å². The Bertz CT molecular complexity index is 1030. The summed E-state index contributed by atoms with van der Waals surface area (Å²) in [4.78, 5) is 13.8. The zero-order valence-electron chi connectivity index (χ0n) is 11.7. The highest BCUT2D eigenvalue weighted by atomic mass is 35.5. The second-order valence-corrected chi connectivity index (χ2v) is 5.55. The van der Waals surface area contributed by atoms with E-state index in [-0.39, 0.29) is 21.3 Å². The molecule has 0 amide bonds. The Morgan fingerprint density at radius 3 is 2.25 bits per heavy atom. The largest absolute Gasteiger partial charge is 0.489 e. The lowest BCUT2D eigenvalue weighted by Gasteiger charge is -2.16. The average molecular weight is 369 g/mol. The summed E-state index contributed by atoms with van der Waals surface area (Å²) < 4.78 is 78.8. The van der Waals surface area contributed by atoms with Crippen molar-refractivity contribution in [3.05, 3.63) is 44.8 Å². The van der Waals surface area contributed by atoms with E-state index < -0.39 is 39.4 Å². The molecule has 3 nitrogen and oxygen atoms in total. The van der Waals surface area contributed by atoms with Crippen molar-refractivity contribution < 1.29 is 26.3 Å². The smallest absolute Gasteiger partial charge is 0.322 e. The molecule has 0 spiro atoms. The Hall–Kier alpha value is -2.16. The molecule has 3 rings (SSSR count). The topological polar surface area (TPSA) is 37.8 Å². The van der Waals surface area contributed by atoms with E-state index >= 15 is 0 Å². The number of rotatable bonds is 0. The second kappa shape index (κ2) is 4.92. The molecule has 2 heterocycles. The van der Waals surface area contributed by atoms with Crippen molar-refractivity contribution in [3.8, 4) is 0 Å². The van der Waals surface area contributed by atoms with Crippen LogP contribution in [0.2, 0.25) is 5.02 Å². The molecule has 3 aromatic rings. The molecule has 0 fully saturated rings. The SMILES string of the molecule is Cc1c(C(F)(F)F)n(C(F)(F)F)c2ccc3[nH]c(=O)cc(Cl)c3c12. The van der Waals surface area contributed by atoms with Gasteiger partial charge in [-0.05, 0) is 24.6 Å². The molecule has 1 N–H and O–H groups in total. The molecular formula is C14H7ClF6N2O. The number of H-pyrrole nitrogens is 1. The van der Waals surface area contributed by atoms with Crippen LogP contribution in [0.4, 0.5) is 26.3 Å². The summed E-state index contributed by atoms with van der Waals surface area (Å²) in [6, 6.07) is 2.87. The van der Waals surface area contributed by atoms with Gasteiger partial charge in [-0.1, -0.05) is 11.6 Å². The van der Waals surface area contributed by atoms with Crippen LogP contribution >= 0.6 is 11.6 Å². The standard InChI is InChI=1S/C14H7ClF6N2O/c1-5-10-8(23(14(19,20)21)12(5)13(16,17)18)3-2-7-11(10)6(15)4-9(24)22-7/h2-4H,1H3,(H,22,24). The van der Waals surface area contributed by atoms with Gasteiger partial charge in [0.15, 0.2) is 0 Å². The van der Waals surface area contributed by atoms with Crippen LogP contribution in [0.3, 0.4) is 0 Å². The molecule has 1 aromatic carbocycles. The monoisotopic (exact) mass is 368 g/mol. The van der Waals surface area contributed by atoms with Gasteiger partial charge < -0.3 is 4.98 Å². The van der Waals surface area contributed by atoms with E-state index in [1.165, 1.54) is 0 Å². The number of hydrogen-bond acceptors (Lipinski definition) is 1. The first-order valence-electron chi connectivity index (χ1n) is 6.44. The molecule has 0 aliphatic carbocycles. The van der Waals surface area contributed by atoms with Crippen LogP contribution in [0, 0.1) is 6.92 Å². The van der Waals surface area contributed by atoms with Gasteiger partial charge in [0.05, 0.1) is 16.1 Å². The minimum atomic E-state index is -5.28. The lowest BCUT2D eigenvalue weighted by atomic mass is 10.1. The molecule has 128 valence electrons. The molecule has 0 saturated carbocycles. The summed E-state index contributed by atoms with van der Waals surface area (Å²) in [5, 5.41) is -0.603. The van der Waals surface area contributed by atoms with Crippen molar-refractivity contribution in [2.24, 2.45) is 0 Å². The predicted molar refractivity (Wildman–Crippen MR) is 76.1 cm³/mol. The van der Waals surface area contributed by atoms with Crippen molar-refractivity contribution in [1.82, 2.24) is 9.55 Å². The molecule has 0 saturated heterocycles. The number of pyridine rings is 1. The first-order chi connectivity index (χ1) is 10.9. The van der Waals surface area contributed by atoms with Gasteiger partial charge in [0.25, 0.3) is 0 Å². The Balaban J connectivity index is 2.65. The number of aromatic nitrogens is 2. The van der Waals surface area contributed by atoms with Crippen molar-refractivity contribution in [1.29, 1.82) is 0 Å². The second-order valence-electron chi connectivity index (χ2n) is 5.14. The highest BCUT2D eigenvalue weighted by Gasteiger charge is 2.46. The van der Waals surface area contributed by atoms with E-state index in [1.54, 1.807) is 0 Å². The number of nitrogens with one attached hydrogen (secondary N) is 1. The van der Waals surface area contributed by atoms with E-state index in [0.717, 1.165) is 25.1 Å². The zero-order chi connectivity index (χ0) is 18.0. The van der Waals surface area contributed by atoms with Gasteiger partial charge in [-0.25, -0.2) is 4.57 Å². The fourth-order valence-electron chi connectivity index (χ4n) is 2.88. The number of aromatic amines is 1. The first-order valence-corrected chi connectivity index (χ1v) is 6.81. The molecule has 2 aromatic heterocycles. The Morgan fingerprint density at radius 1 is 1.08 bits per heavy atom.